The molecule has 0 bridgehead atoms. The fraction of sp³-hybridized carbons (Fsp3) is 0.444. The molecule has 25 heavy (non-hydrogen) atoms. The third-order valence-electron chi connectivity index (χ3n) is 4.53. The molecule has 0 aliphatic carbocycles. The lowest BCUT2D eigenvalue weighted by Crippen LogP contribution is -2.48. The molecule has 1 aliphatic rings. The molecular formula is C18H22N2O5. The van der Waals surface area contributed by atoms with Gasteiger partial charge in [-0.25, -0.2) is 0 Å². The third kappa shape index (κ3) is 3.93. The lowest BCUT2D eigenvalue weighted by atomic mass is 10.0. The van der Waals surface area contributed by atoms with Crippen LogP contribution >= 0.6 is 0 Å². The molecule has 134 valence electrons. The van der Waals surface area contributed by atoms with Gasteiger partial charge in [-0.15, -0.1) is 0 Å². The van der Waals surface area contributed by atoms with E-state index in [-0.39, 0.29) is 17.9 Å². The van der Waals surface area contributed by atoms with E-state index >= 15 is 0 Å². The van der Waals surface area contributed by atoms with Crippen molar-refractivity contribution in [3.63, 3.8) is 0 Å². The number of furan rings is 2. The number of nitrogens with one attached hydrogen (secondary N) is 1. The summed E-state index contributed by atoms with van der Waals surface area (Å²) < 4.78 is 10.1. The molecule has 3 unspecified atom stereocenters. The van der Waals surface area contributed by atoms with Crippen molar-refractivity contribution >= 4 is 11.8 Å². The summed E-state index contributed by atoms with van der Waals surface area (Å²) in [5, 5.41) is 13.0. The largest absolute Gasteiger partial charge is 0.472 e. The van der Waals surface area contributed by atoms with E-state index in [0.29, 0.717) is 24.3 Å². The predicted octanol–water partition coefficient (Wildman–Crippen LogP) is 2.11. The van der Waals surface area contributed by atoms with Gasteiger partial charge in [-0.05, 0) is 38.0 Å². The number of aliphatic hydroxyl groups excluding tert-OH is 1. The second-order valence-electron chi connectivity index (χ2n) is 6.30. The number of amides is 2. The second kappa shape index (κ2) is 7.57. The van der Waals surface area contributed by atoms with E-state index < -0.39 is 12.1 Å². The Kier molecular flexibility index (Phi) is 5.23. The number of hydrogen-bond acceptors (Lipinski definition) is 5. The Morgan fingerprint density at radius 3 is 2.92 bits per heavy atom. The van der Waals surface area contributed by atoms with Crippen molar-refractivity contribution in [2.75, 3.05) is 6.54 Å². The first-order chi connectivity index (χ1) is 12.1. The van der Waals surface area contributed by atoms with Gasteiger partial charge in [-0.3, -0.25) is 9.59 Å². The van der Waals surface area contributed by atoms with Gasteiger partial charge < -0.3 is 24.2 Å². The number of rotatable bonds is 6. The smallest absolute Gasteiger partial charge is 0.255 e. The van der Waals surface area contributed by atoms with E-state index in [9.17, 15) is 14.7 Å². The standard InChI is InChI=1S/C18H22N2O5/c1-12(19-17(22)13-6-9-24-11-13)18(23)20-7-2-4-14(20)10-15(21)16-5-3-8-25-16/h3,5-6,8-9,11-12,14-15,21H,2,4,7,10H2,1H3,(H,19,22). The fourth-order valence-electron chi connectivity index (χ4n) is 3.21. The molecule has 1 fully saturated rings. The molecule has 2 amide bonds. The Hall–Kier alpha value is -2.54. The average Bonchev–Trinajstić information content (AvgIpc) is 3.34. The molecule has 2 aromatic heterocycles. The molecule has 0 aromatic carbocycles. The maximum absolute atomic E-state index is 12.7. The lowest BCUT2D eigenvalue weighted by molar-refractivity contribution is -0.134. The highest BCUT2D eigenvalue weighted by Gasteiger charge is 2.33. The molecule has 0 saturated carbocycles. The minimum atomic E-state index is -0.746. The van der Waals surface area contributed by atoms with E-state index in [2.05, 4.69) is 5.32 Å². The van der Waals surface area contributed by atoms with Crippen molar-refractivity contribution in [2.45, 2.75) is 44.4 Å². The quantitative estimate of drug-likeness (QED) is 0.835. The molecule has 3 atom stereocenters. The van der Waals surface area contributed by atoms with Crippen LogP contribution in [-0.2, 0) is 4.79 Å². The Balaban J connectivity index is 1.59. The lowest BCUT2D eigenvalue weighted by Gasteiger charge is -2.28. The molecule has 1 aliphatic heterocycles. The molecule has 0 radical (unpaired) electrons. The van der Waals surface area contributed by atoms with Crippen molar-refractivity contribution in [1.29, 1.82) is 0 Å². The van der Waals surface area contributed by atoms with Crippen LogP contribution in [0.3, 0.4) is 0 Å². The molecular weight excluding hydrogens is 324 g/mol. The maximum atomic E-state index is 12.7. The van der Waals surface area contributed by atoms with Crippen LogP contribution in [0.5, 0.6) is 0 Å². The van der Waals surface area contributed by atoms with Crippen LogP contribution in [0.25, 0.3) is 0 Å². The number of carbonyl (C=O) groups is 2. The maximum Gasteiger partial charge on any atom is 0.255 e. The van der Waals surface area contributed by atoms with Crippen molar-refractivity contribution in [2.24, 2.45) is 0 Å². The van der Waals surface area contributed by atoms with E-state index in [4.69, 9.17) is 8.83 Å². The van der Waals surface area contributed by atoms with Crippen LogP contribution in [-0.4, -0.2) is 40.4 Å². The topological polar surface area (TPSA) is 95.9 Å². The van der Waals surface area contributed by atoms with E-state index in [0.717, 1.165) is 12.8 Å². The summed E-state index contributed by atoms with van der Waals surface area (Å²) in [6.45, 7) is 2.29. The van der Waals surface area contributed by atoms with Gasteiger partial charge in [0, 0.05) is 19.0 Å². The molecule has 7 nitrogen and oxygen atoms in total. The second-order valence-corrected chi connectivity index (χ2v) is 6.30. The van der Waals surface area contributed by atoms with E-state index in [1.165, 1.54) is 18.8 Å². The van der Waals surface area contributed by atoms with Gasteiger partial charge in [0.2, 0.25) is 5.91 Å². The van der Waals surface area contributed by atoms with Crippen LogP contribution in [0.2, 0.25) is 0 Å². The van der Waals surface area contributed by atoms with Crippen LogP contribution in [0.4, 0.5) is 0 Å². The van der Waals surface area contributed by atoms with E-state index in [1.54, 1.807) is 30.0 Å². The normalized spacial score (nSPS) is 19.6. The van der Waals surface area contributed by atoms with Crippen molar-refractivity contribution < 1.29 is 23.5 Å². The van der Waals surface area contributed by atoms with E-state index in [1.807, 2.05) is 0 Å². The summed E-state index contributed by atoms with van der Waals surface area (Å²) in [4.78, 5) is 26.5. The predicted molar refractivity (Wildman–Crippen MR) is 88.7 cm³/mol. The highest BCUT2D eigenvalue weighted by atomic mass is 16.4. The summed E-state index contributed by atoms with van der Waals surface area (Å²) >= 11 is 0. The minimum Gasteiger partial charge on any atom is -0.472 e. The summed E-state index contributed by atoms with van der Waals surface area (Å²) in [5.41, 5.74) is 0.380. The zero-order valence-electron chi connectivity index (χ0n) is 14.1. The molecule has 7 heteroatoms. The van der Waals surface area contributed by atoms with Gasteiger partial charge in [0.05, 0.1) is 18.1 Å². The number of aliphatic hydroxyl groups is 1. The molecule has 2 aromatic rings. The molecule has 3 rings (SSSR count). The monoisotopic (exact) mass is 346 g/mol. The van der Waals surface area contributed by atoms with Gasteiger partial charge in [0.1, 0.15) is 24.2 Å². The van der Waals surface area contributed by atoms with Crippen LogP contribution < -0.4 is 5.32 Å². The first-order valence-electron chi connectivity index (χ1n) is 8.41. The Morgan fingerprint density at radius 1 is 1.40 bits per heavy atom. The van der Waals surface area contributed by atoms with Crippen molar-refractivity contribution in [3.8, 4) is 0 Å². The molecule has 1 saturated heterocycles. The Labute approximate surface area is 145 Å². The van der Waals surface area contributed by atoms with Crippen LogP contribution in [0.15, 0.2) is 45.8 Å². The van der Waals surface area contributed by atoms with Crippen LogP contribution in [0.1, 0.15) is 48.4 Å². The Bertz CT molecular complexity index is 695. The first kappa shape index (κ1) is 17.3. The molecule has 2 N–H and O–H groups in total. The summed E-state index contributed by atoms with van der Waals surface area (Å²) in [6.07, 6.45) is 5.64. The number of hydrogen-bond donors (Lipinski definition) is 2. The first-order valence-corrected chi connectivity index (χ1v) is 8.41. The van der Waals surface area contributed by atoms with Gasteiger partial charge in [-0.2, -0.15) is 0 Å². The summed E-state index contributed by atoms with van der Waals surface area (Å²) in [6, 6.07) is 4.28. The van der Waals surface area contributed by atoms with Gasteiger partial charge in [0.15, 0.2) is 0 Å². The fourth-order valence-corrected chi connectivity index (χ4v) is 3.21. The summed E-state index contributed by atoms with van der Waals surface area (Å²) in [7, 11) is 0. The number of carbonyl (C=O) groups excluding carboxylic acids is 2. The van der Waals surface area contributed by atoms with Crippen molar-refractivity contribution in [3.05, 3.63) is 48.3 Å². The zero-order chi connectivity index (χ0) is 17.8. The summed E-state index contributed by atoms with van der Waals surface area (Å²) in [5.74, 6) is 0.00700. The van der Waals surface area contributed by atoms with Crippen LogP contribution in [0, 0.1) is 0 Å². The number of likely N-dealkylation sites (tertiary alicyclic amines) is 1. The molecule has 0 spiro atoms. The van der Waals surface area contributed by atoms with Crippen molar-refractivity contribution in [1.82, 2.24) is 10.2 Å². The highest BCUT2D eigenvalue weighted by molar-refractivity contribution is 5.97. The minimum absolute atomic E-state index is 0.0686. The van der Waals surface area contributed by atoms with Gasteiger partial charge in [-0.1, -0.05) is 0 Å². The van der Waals surface area contributed by atoms with Gasteiger partial charge in [0.25, 0.3) is 5.91 Å². The molecule has 3 heterocycles. The average molecular weight is 346 g/mol. The SMILES string of the molecule is CC(NC(=O)c1ccoc1)C(=O)N1CCCC1CC(O)c1ccco1. The zero-order valence-corrected chi connectivity index (χ0v) is 14.1. The van der Waals surface area contributed by atoms with Gasteiger partial charge >= 0.3 is 0 Å². The highest BCUT2D eigenvalue weighted by Crippen LogP contribution is 2.28. The third-order valence-corrected chi connectivity index (χ3v) is 4.53. The number of nitrogens with zero attached hydrogens (tertiary/aromatic N) is 1. The Morgan fingerprint density at radius 2 is 2.24 bits per heavy atom.